The standard InChI is InChI=1S/C27H35NO7/c1-6-12-33-13-14-35-27(31)22-17(4)28-19-15-16(3)21(26(30)32-5)25(29)24(19)23(22)18-10-8-9-11-20(18)34-7-2/h8-11,16,21,23,28H,6-7,12-15H2,1-5H3/t16-,21+,23-/m0/s1. The summed E-state index contributed by atoms with van der Waals surface area (Å²) in [6.45, 7) is 8.91. The molecule has 8 nitrogen and oxygen atoms in total. The zero-order valence-corrected chi connectivity index (χ0v) is 21.1. The highest BCUT2D eigenvalue weighted by Gasteiger charge is 2.47. The van der Waals surface area contributed by atoms with Crippen molar-refractivity contribution in [3.63, 3.8) is 0 Å². The van der Waals surface area contributed by atoms with Crippen LogP contribution in [0.5, 0.6) is 5.75 Å². The molecule has 35 heavy (non-hydrogen) atoms. The zero-order chi connectivity index (χ0) is 25.5. The molecule has 0 saturated heterocycles. The van der Waals surface area contributed by atoms with Crippen molar-refractivity contribution in [1.29, 1.82) is 0 Å². The van der Waals surface area contributed by atoms with Gasteiger partial charge in [-0.05, 0) is 38.7 Å². The van der Waals surface area contributed by atoms with Crippen molar-refractivity contribution in [1.82, 2.24) is 5.32 Å². The largest absolute Gasteiger partial charge is 0.494 e. The Labute approximate surface area is 206 Å². The number of hydrogen-bond donors (Lipinski definition) is 1. The van der Waals surface area contributed by atoms with Crippen molar-refractivity contribution < 1.29 is 33.3 Å². The first-order chi connectivity index (χ1) is 16.8. The Balaban J connectivity index is 2.08. The van der Waals surface area contributed by atoms with E-state index in [9.17, 15) is 14.4 Å². The lowest BCUT2D eigenvalue weighted by Gasteiger charge is -2.38. The van der Waals surface area contributed by atoms with Crippen molar-refractivity contribution in [2.75, 3.05) is 33.5 Å². The second-order valence-corrected chi connectivity index (χ2v) is 8.75. The molecule has 0 aromatic heterocycles. The fourth-order valence-corrected chi connectivity index (χ4v) is 4.79. The zero-order valence-electron chi connectivity index (χ0n) is 21.1. The number of nitrogens with one attached hydrogen (secondary N) is 1. The summed E-state index contributed by atoms with van der Waals surface area (Å²) in [6, 6.07) is 7.33. The number of ether oxygens (including phenoxy) is 4. The van der Waals surface area contributed by atoms with Crippen LogP contribution in [0.4, 0.5) is 0 Å². The van der Waals surface area contributed by atoms with Gasteiger partial charge < -0.3 is 24.3 Å². The van der Waals surface area contributed by atoms with Crippen molar-refractivity contribution in [3.8, 4) is 5.75 Å². The van der Waals surface area contributed by atoms with Gasteiger partial charge >= 0.3 is 11.9 Å². The van der Waals surface area contributed by atoms with Crippen LogP contribution in [0, 0.1) is 11.8 Å². The van der Waals surface area contributed by atoms with E-state index in [4.69, 9.17) is 18.9 Å². The third-order valence-electron chi connectivity index (χ3n) is 6.30. The molecule has 1 aromatic rings. The van der Waals surface area contributed by atoms with Crippen LogP contribution in [0.2, 0.25) is 0 Å². The van der Waals surface area contributed by atoms with E-state index in [-0.39, 0.29) is 24.9 Å². The van der Waals surface area contributed by atoms with Crippen LogP contribution in [0.3, 0.4) is 0 Å². The number of benzene rings is 1. The van der Waals surface area contributed by atoms with Crippen LogP contribution in [0.15, 0.2) is 46.8 Å². The summed E-state index contributed by atoms with van der Waals surface area (Å²) in [6.07, 6.45) is 1.34. The van der Waals surface area contributed by atoms with E-state index >= 15 is 0 Å². The molecule has 0 bridgehead atoms. The van der Waals surface area contributed by atoms with Gasteiger partial charge in [-0.15, -0.1) is 0 Å². The Morgan fingerprint density at radius 1 is 1.11 bits per heavy atom. The molecule has 0 radical (unpaired) electrons. The highest BCUT2D eigenvalue weighted by atomic mass is 16.6. The molecular formula is C27H35NO7. The monoisotopic (exact) mass is 485 g/mol. The van der Waals surface area contributed by atoms with Gasteiger partial charge in [0.05, 0.1) is 31.8 Å². The minimum absolute atomic E-state index is 0.0944. The molecule has 0 spiro atoms. The molecule has 1 N–H and O–H groups in total. The smallest absolute Gasteiger partial charge is 0.336 e. The second kappa shape index (κ2) is 12.0. The topological polar surface area (TPSA) is 100 Å². The van der Waals surface area contributed by atoms with E-state index in [1.807, 2.05) is 45.0 Å². The highest BCUT2D eigenvalue weighted by Crippen LogP contribution is 2.47. The van der Waals surface area contributed by atoms with E-state index < -0.39 is 23.8 Å². The number of carbonyl (C=O) groups excluding carboxylic acids is 3. The summed E-state index contributed by atoms with van der Waals surface area (Å²) < 4.78 is 21.8. The molecule has 0 unspecified atom stereocenters. The lowest BCUT2D eigenvalue weighted by atomic mass is 9.69. The van der Waals surface area contributed by atoms with E-state index in [0.717, 1.165) is 6.42 Å². The van der Waals surface area contributed by atoms with Gasteiger partial charge in [-0.25, -0.2) is 4.79 Å². The molecule has 190 valence electrons. The van der Waals surface area contributed by atoms with Crippen molar-refractivity contribution in [3.05, 3.63) is 52.4 Å². The summed E-state index contributed by atoms with van der Waals surface area (Å²) >= 11 is 0. The van der Waals surface area contributed by atoms with Crippen molar-refractivity contribution >= 4 is 17.7 Å². The molecule has 1 heterocycles. The maximum Gasteiger partial charge on any atom is 0.336 e. The van der Waals surface area contributed by atoms with Crippen LogP contribution in [0.1, 0.15) is 52.0 Å². The van der Waals surface area contributed by atoms with Crippen LogP contribution in [-0.2, 0) is 28.6 Å². The second-order valence-electron chi connectivity index (χ2n) is 8.75. The lowest BCUT2D eigenvalue weighted by molar-refractivity contribution is -0.151. The predicted molar refractivity (Wildman–Crippen MR) is 130 cm³/mol. The number of hydrogen-bond acceptors (Lipinski definition) is 8. The molecule has 1 aliphatic carbocycles. The number of rotatable bonds is 10. The lowest BCUT2D eigenvalue weighted by Crippen LogP contribution is -2.43. The minimum Gasteiger partial charge on any atom is -0.494 e. The van der Waals surface area contributed by atoms with Crippen LogP contribution in [0.25, 0.3) is 0 Å². The molecule has 3 atom stereocenters. The Morgan fingerprint density at radius 3 is 2.54 bits per heavy atom. The summed E-state index contributed by atoms with van der Waals surface area (Å²) in [4.78, 5) is 39.7. The van der Waals surface area contributed by atoms with Crippen LogP contribution >= 0.6 is 0 Å². The van der Waals surface area contributed by atoms with Gasteiger partial charge in [0.1, 0.15) is 18.3 Å². The average Bonchev–Trinajstić information content (AvgIpc) is 2.83. The van der Waals surface area contributed by atoms with Gasteiger partial charge in [-0.2, -0.15) is 0 Å². The molecule has 0 fully saturated rings. The third-order valence-corrected chi connectivity index (χ3v) is 6.30. The number of dihydropyridines is 1. The highest BCUT2D eigenvalue weighted by molar-refractivity contribution is 6.12. The number of ketones is 1. The maximum absolute atomic E-state index is 13.8. The summed E-state index contributed by atoms with van der Waals surface area (Å²) in [5, 5.41) is 3.26. The molecule has 1 aliphatic heterocycles. The number of carbonyl (C=O) groups is 3. The molecule has 3 rings (SSSR count). The number of methoxy groups -OCH3 is 1. The van der Waals surface area contributed by atoms with E-state index in [1.54, 1.807) is 6.92 Å². The van der Waals surface area contributed by atoms with Gasteiger partial charge in [-0.3, -0.25) is 9.59 Å². The number of para-hydroxylation sites is 1. The van der Waals surface area contributed by atoms with E-state index in [2.05, 4.69) is 5.32 Å². The fraction of sp³-hybridized carbons (Fsp3) is 0.519. The van der Waals surface area contributed by atoms with Crippen LogP contribution in [-0.4, -0.2) is 51.3 Å². The first-order valence-corrected chi connectivity index (χ1v) is 12.1. The van der Waals surface area contributed by atoms with E-state index in [0.29, 0.717) is 53.5 Å². The summed E-state index contributed by atoms with van der Waals surface area (Å²) in [5.41, 5.74) is 2.68. The van der Waals surface area contributed by atoms with Gasteiger partial charge in [0.15, 0.2) is 5.78 Å². The third kappa shape index (κ3) is 5.59. The van der Waals surface area contributed by atoms with Gasteiger partial charge in [-0.1, -0.05) is 32.0 Å². The Hall–Kier alpha value is -3.13. The molecule has 0 saturated carbocycles. The van der Waals surface area contributed by atoms with Gasteiger partial charge in [0.25, 0.3) is 0 Å². The predicted octanol–water partition coefficient (Wildman–Crippen LogP) is 3.67. The van der Waals surface area contributed by atoms with Crippen molar-refractivity contribution in [2.24, 2.45) is 11.8 Å². The molecule has 2 aliphatic rings. The van der Waals surface area contributed by atoms with Crippen molar-refractivity contribution in [2.45, 2.75) is 46.5 Å². The molecule has 1 aromatic carbocycles. The SMILES string of the molecule is CCCOCCOC(=O)C1=C(C)NC2=C(C(=O)[C@H](C(=O)OC)[C@@H](C)C2)[C@H]1c1ccccc1OCC. The van der Waals surface area contributed by atoms with Gasteiger partial charge in [0.2, 0.25) is 0 Å². The Kier molecular flexibility index (Phi) is 9.09. The first-order valence-electron chi connectivity index (χ1n) is 12.1. The van der Waals surface area contributed by atoms with Gasteiger partial charge in [0, 0.05) is 29.1 Å². The molecule has 8 heteroatoms. The Morgan fingerprint density at radius 2 is 1.86 bits per heavy atom. The summed E-state index contributed by atoms with van der Waals surface area (Å²) in [5.74, 6) is -2.84. The normalized spacial score (nSPS) is 21.9. The van der Waals surface area contributed by atoms with Crippen LogP contribution < -0.4 is 10.1 Å². The van der Waals surface area contributed by atoms with E-state index in [1.165, 1.54) is 7.11 Å². The molecular weight excluding hydrogens is 450 g/mol. The quantitative estimate of drug-likeness (QED) is 0.304. The Bertz CT molecular complexity index is 1030. The first kappa shape index (κ1) is 26.5. The molecule has 0 amide bonds. The fourth-order valence-electron chi connectivity index (χ4n) is 4.79. The number of allylic oxidation sites excluding steroid dienone is 3. The minimum atomic E-state index is -0.944. The average molecular weight is 486 g/mol. The maximum atomic E-state index is 13.8. The number of Topliss-reactive ketones (excluding diaryl/α,β-unsaturated/α-hetero) is 1. The number of esters is 2. The summed E-state index contributed by atoms with van der Waals surface area (Å²) in [7, 11) is 1.28.